The average molecular weight is 367 g/mol. The smallest absolute Gasteiger partial charge is 0.252 e. The van der Waals surface area contributed by atoms with E-state index in [0.29, 0.717) is 5.57 Å². The Morgan fingerprint density at radius 2 is 1.69 bits per heavy atom. The topological polar surface area (TPSA) is 17.1 Å². The van der Waals surface area contributed by atoms with Gasteiger partial charge in [-0.15, -0.1) is 0 Å². The summed E-state index contributed by atoms with van der Waals surface area (Å²) in [6.07, 6.45) is 2.35. The maximum absolute atomic E-state index is 11.5. The Labute approximate surface area is 162 Å². The SMILES string of the molecule is C=C(C(=O)Cl)c1cccc(-c2cc(C)cc3c2C(C)(C)CCC3(C)C)c1. The van der Waals surface area contributed by atoms with Gasteiger partial charge in [0.15, 0.2) is 0 Å². The molecule has 2 heteroatoms. The van der Waals surface area contributed by atoms with Crippen LogP contribution in [0.4, 0.5) is 0 Å². The molecule has 0 amide bonds. The summed E-state index contributed by atoms with van der Waals surface area (Å²) in [6, 6.07) is 12.6. The lowest BCUT2D eigenvalue weighted by molar-refractivity contribution is -0.106. The molecule has 0 heterocycles. The van der Waals surface area contributed by atoms with Crippen molar-refractivity contribution >= 4 is 22.4 Å². The summed E-state index contributed by atoms with van der Waals surface area (Å²) in [7, 11) is 0. The number of fused-ring (bicyclic) bond motifs is 1. The molecular weight excluding hydrogens is 340 g/mol. The van der Waals surface area contributed by atoms with Gasteiger partial charge in [0.05, 0.1) is 0 Å². The van der Waals surface area contributed by atoms with Crippen LogP contribution in [0.25, 0.3) is 16.7 Å². The first kappa shape index (κ1) is 18.9. The fourth-order valence-electron chi connectivity index (χ4n) is 4.15. The minimum absolute atomic E-state index is 0.114. The summed E-state index contributed by atoms with van der Waals surface area (Å²) in [4.78, 5) is 11.5. The molecular formula is C24H27ClO. The van der Waals surface area contributed by atoms with Gasteiger partial charge in [-0.2, -0.15) is 0 Å². The lowest BCUT2D eigenvalue weighted by Crippen LogP contribution is -2.34. The van der Waals surface area contributed by atoms with E-state index in [-0.39, 0.29) is 10.8 Å². The Morgan fingerprint density at radius 3 is 2.35 bits per heavy atom. The third-order valence-electron chi connectivity index (χ3n) is 5.82. The highest BCUT2D eigenvalue weighted by Crippen LogP contribution is 2.49. The molecule has 0 aromatic heterocycles. The van der Waals surface area contributed by atoms with E-state index in [2.05, 4.69) is 59.4 Å². The highest BCUT2D eigenvalue weighted by molar-refractivity contribution is 6.74. The van der Waals surface area contributed by atoms with Gasteiger partial charge in [0.2, 0.25) is 0 Å². The van der Waals surface area contributed by atoms with Gasteiger partial charge < -0.3 is 0 Å². The molecule has 136 valence electrons. The standard InChI is InChI=1S/C24H27ClO/c1-15-12-19(18-9-7-8-17(14-18)16(2)22(25)26)21-20(13-15)23(3,4)10-11-24(21,5)6/h7-9,12-14H,2,10-11H2,1,3-6H3. The second-order valence-electron chi connectivity index (χ2n) is 8.84. The molecule has 0 fully saturated rings. The summed E-state index contributed by atoms with van der Waals surface area (Å²) in [6.45, 7) is 15.4. The second kappa shape index (κ2) is 6.39. The van der Waals surface area contributed by atoms with Crippen molar-refractivity contribution in [2.45, 2.75) is 58.3 Å². The normalized spacial score (nSPS) is 17.5. The summed E-state index contributed by atoms with van der Waals surface area (Å²) in [5, 5.41) is -0.505. The van der Waals surface area contributed by atoms with E-state index in [1.807, 2.05) is 18.2 Å². The number of aryl methyl sites for hydroxylation is 1. The molecule has 0 atom stereocenters. The van der Waals surface area contributed by atoms with Gasteiger partial charge in [-0.25, -0.2) is 0 Å². The lowest BCUT2D eigenvalue weighted by atomic mass is 9.61. The third kappa shape index (κ3) is 3.25. The maximum atomic E-state index is 11.5. The van der Waals surface area contributed by atoms with Crippen LogP contribution in [0.3, 0.4) is 0 Å². The van der Waals surface area contributed by atoms with Crippen LogP contribution in [0.5, 0.6) is 0 Å². The number of carbonyl (C=O) groups is 1. The second-order valence-corrected chi connectivity index (χ2v) is 9.18. The van der Waals surface area contributed by atoms with Crippen molar-refractivity contribution in [3.63, 3.8) is 0 Å². The van der Waals surface area contributed by atoms with Crippen molar-refractivity contribution in [2.75, 3.05) is 0 Å². The van der Waals surface area contributed by atoms with E-state index in [4.69, 9.17) is 11.6 Å². The Morgan fingerprint density at radius 1 is 1.04 bits per heavy atom. The summed E-state index contributed by atoms with van der Waals surface area (Å²) >= 11 is 5.65. The molecule has 0 spiro atoms. The van der Waals surface area contributed by atoms with Crippen LogP contribution in [0.2, 0.25) is 0 Å². The number of rotatable bonds is 3. The van der Waals surface area contributed by atoms with Crippen molar-refractivity contribution in [1.82, 2.24) is 0 Å². The average Bonchev–Trinajstić information content (AvgIpc) is 2.57. The maximum Gasteiger partial charge on any atom is 0.252 e. The molecule has 0 N–H and O–H groups in total. The number of allylic oxidation sites excluding steroid dienone is 1. The fraction of sp³-hybridized carbons (Fsp3) is 0.375. The Kier molecular flexibility index (Phi) is 4.65. The fourth-order valence-corrected chi connectivity index (χ4v) is 4.26. The minimum Gasteiger partial charge on any atom is -0.276 e. The van der Waals surface area contributed by atoms with Crippen LogP contribution in [0.15, 0.2) is 43.0 Å². The molecule has 0 aliphatic heterocycles. The van der Waals surface area contributed by atoms with Gasteiger partial charge in [0.25, 0.3) is 5.24 Å². The van der Waals surface area contributed by atoms with Crippen LogP contribution >= 0.6 is 11.6 Å². The molecule has 1 aliphatic rings. The molecule has 2 aromatic carbocycles. The predicted octanol–water partition coefficient (Wildman–Crippen LogP) is 6.79. The largest absolute Gasteiger partial charge is 0.276 e. The predicted molar refractivity (Wildman–Crippen MR) is 112 cm³/mol. The van der Waals surface area contributed by atoms with Crippen molar-refractivity contribution in [2.24, 2.45) is 0 Å². The van der Waals surface area contributed by atoms with Crippen LogP contribution < -0.4 is 0 Å². The van der Waals surface area contributed by atoms with Crippen LogP contribution in [0.1, 0.15) is 62.8 Å². The highest BCUT2D eigenvalue weighted by Gasteiger charge is 2.38. The van der Waals surface area contributed by atoms with E-state index < -0.39 is 5.24 Å². The highest BCUT2D eigenvalue weighted by atomic mass is 35.5. The molecule has 0 saturated heterocycles. The molecule has 26 heavy (non-hydrogen) atoms. The molecule has 0 bridgehead atoms. The molecule has 1 aliphatic carbocycles. The Bertz CT molecular complexity index is 902. The summed E-state index contributed by atoms with van der Waals surface area (Å²) in [5.74, 6) is 0. The van der Waals surface area contributed by atoms with E-state index in [1.54, 1.807) is 0 Å². The van der Waals surface area contributed by atoms with E-state index >= 15 is 0 Å². The molecule has 0 saturated carbocycles. The van der Waals surface area contributed by atoms with E-state index in [9.17, 15) is 4.79 Å². The van der Waals surface area contributed by atoms with Crippen molar-refractivity contribution in [3.05, 3.63) is 65.2 Å². The van der Waals surface area contributed by atoms with Crippen LogP contribution in [-0.4, -0.2) is 5.24 Å². The first-order valence-corrected chi connectivity index (χ1v) is 9.56. The van der Waals surface area contributed by atoms with Crippen molar-refractivity contribution in [3.8, 4) is 11.1 Å². The number of benzene rings is 2. The number of halogens is 1. The van der Waals surface area contributed by atoms with Crippen LogP contribution in [-0.2, 0) is 15.6 Å². The number of hydrogen-bond acceptors (Lipinski definition) is 1. The Balaban J connectivity index is 2.28. The molecule has 0 radical (unpaired) electrons. The number of hydrogen-bond donors (Lipinski definition) is 0. The zero-order chi connectivity index (χ0) is 19.3. The van der Waals surface area contributed by atoms with Gasteiger partial charge in [-0.3, -0.25) is 4.79 Å². The minimum atomic E-state index is -0.505. The lowest BCUT2D eigenvalue weighted by Gasteiger charge is -2.43. The van der Waals surface area contributed by atoms with Gasteiger partial charge in [0, 0.05) is 5.57 Å². The third-order valence-corrected chi connectivity index (χ3v) is 6.05. The molecule has 3 rings (SSSR count). The Hall–Kier alpha value is -1.86. The molecule has 2 aromatic rings. The van der Waals surface area contributed by atoms with E-state index in [1.165, 1.54) is 28.7 Å². The van der Waals surface area contributed by atoms with Crippen molar-refractivity contribution in [1.29, 1.82) is 0 Å². The number of carbonyl (C=O) groups excluding carboxylic acids is 1. The first-order valence-electron chi connectivity index (χ1n) is 9.18. The van der Waals surface area contributed by atoms with Gasteiger partial charge in [-0.1, -0.05) is 70.2 Å². The van der Waals surface area contributed by atoms with Crippen molar-refractivity contribution < 1.29 is 4.79 Å². The zero-order valence-corrected chi connectivity index (χ0v) is 17.1. The molecule has 0 unspecified atom stereocenters. The van der Waals surface area contributed by atoms with Crippen LogP contribution in [0, 0.1) is 6.92 Å². The summed E-state index contributed by atoms with van der Waals surface area (Å²) in [5.41, 5.74) is 7.92. The quantitative estimate of drug-likeness (QED) is 0.431. The van der Waals surface area contributed by atoms with Gasteiger partial charge in [-0.05, 0) is 76.1 Å². The monoisotopic (exact) mass is 366 g/mol. The van der Waals surface area contributed by atoms with E-state index in [0.717, 1.165) is 17.5 Å². The first-order chi connectivity index (χ1) is 12.0. The van der Waals surface area contributed by atoms with Gasteiger partial charge in [0.1, 0.15) is 0 Å². The zero-order valence-electron chi connectivity index (χ0n) is 16.4. The van der Waals surface area contributed by atoms with Gasteiger partial charge >= 0.3 is 0 Å². The summed E-state index contributed by atoms with van der Waals surface area (Å²) < 4.78 is 0. The molecule has 1 nitrogen and oxygen atoms in total.